The fraction of sp³-hybridized carbons (Fsp3) is 0. The quantitative estimate of drug-likeness (QED) is 0.720. The van der Waals surface area contributed by atoms with Gasteiger partial charge in [0.05, 0.1) is 0 Å². The van der Waals surface area contributed by atoms with E-state index in [0.717, 1.165) is 14.5 Å². The lowest BCUT2D eigenvalue weighted by Gasteiger charge is -1.99. The van der Waals surface area contributed by atoms with Gasteiger partial charge in [0, 0.05) is 14.5 Å². The zero-order chi connectivity index (χ0) is 7.56. The second-order valence-electron chi connectivity index (χ2n) is 1.84. The first-order chi connectivity index (χ1) is 4.75. The molecule has 1 aromatic rings. The van der Waals surface area contributed by atoms with E-state index in [1.54, 1.807) is 0 Å². The maximum atomic E-state index is 3.69. The zero-order valence-corrected chi connectivity index (χ0v) is 8.44. The van der Waals surface area contributed by atoms with Crippen molar-refractivity contribution in [3.05, 3.63) is 39.3 Å². The summed E-state index contributed by atoms with van der Waals surface area (Å²) in [6, 6.07) is 5.95. The fourth-order valence-electron chi connectivity index (χ4n) is 0.706. The molecule has 0 amide bonds. The molecule has 0 atom stereocenters. The second kappa shape index (κ2) is 3.35. The van der Waals surface area contributed by atoms with Crippen molar-refractivity contribution in [1.82, 2.24) is 0 Å². The van der Waals surface area contributed by atoms with Gasteiger partial charge >= 0.3 is 0 Å². The van der Waals surface area contributed by atoms with E-state index in [-0.39, 0.29) is 0 Å². The molecular formula is C8H6Br2. The van der Waals surface area contributed by atoms with Gasteiger partial charge in [-0.2, -0.15) is 0 Å². The largest absolute Gasteiger partial charge is 0.0984 e. The summed E-state index contributed by atoms with van der Waals surface area (Å²) in [6.07, 6.45) is 1.81. The van der Waals surface area contributed by atoms with Crippen molar-refractivity contribution in [1.29, 1.82) is 0 Å². The lowest BCUT2D eigenvalue weighted by atomic mass is 10.2. The van der Waals surface area contributed by atoms with Crippen LogP contribution in [0.1, 0.15) is 5.56 Å². The molecule has 0 aromatic heterocycles. The third-order valence-electron chi connectivity index (χ3n) is 1.20. The number of halogens is 2. The van der Waals surface area contributed by atoms with Crippen molar-refractivity contribution < 1.29 is 0 Å². The van der Waals surface area contributed by atoms with Crippen molar-refractivity contribution in [2.45, 2.75) is 0 Å². The Bertz CT molecular complexity index is 233. The van der Waals surface area contributed by atoms with E-state index in [2.05, 4.69) is 38.4 Å². The van der Waals surface area contributed by atoms with Crippen molar-refractivity contribution in [2.75, 3.05) is 0 Å². The molecule has 0 unspecified atom stereocenters. The molecule has 0 spiro atoms. The smallest absolute Gasteiger partial charge is 0.0258 e. The Labute approximate surface area is 77.2 Å². The molecule has 0 bridgehead atoms. The van der Waals surface area contributed by atoms with Gasteiger partial charge in [-0.15, -0.1) is 0 Å². The summed E-state index contributed by atoms with van der Waals surface area (Å²) in [6.45, 7) is 3.69. The number of hydrogen-bond donors (Lipinski definition) is 0. The summed E-state index contributed by atoms with van der Waals surface area (Å²) in [5.74, 6) is 0. The normalized spacial score (nSPS) is 9.40. The Hall–Kier alpha value is -0.0800. The summed E-state index contributed by atoms with van der Waals surface area (Å²) in [5, 5.41) is 0. The number of rotatable bonds is 1. The van der Waals surface area contributed by atoms with Gasteiger partial charge in [-0.25, -0.2) is 0 Å². The highest BCUT2D eigenvalue weighted by Crippen LogP contribution is 2.25. The highest BCUT2D eigenvalue weighted by atomic mass is 79.9. The van der Waals surface area contributed by atoms with Crippen molar-refractivity contribution >= 4 is 37.9 Å². The topological polar surface area (TPSA) is 0 Å². The van der Waals surface area contributed by atoms with Crippen LogP contribution >= 0.6 is 31.9 Å². The third kappa shape index (κ3) is 1.50. The van der Waals surface area contributed by atoms with Crippen LogP contribution in [0.15, 0.2) is 33.7 Å². The van der Waals surface area contributed by atoms with Crippen LogP contribution < -0.4 is 0 Å². The summed E-state index contributed by atoms with van der Waals surface area (Å²) in [5.41, 5.74) is 1.10. The average molecular weight is 262 g/mol. The summed E-state index contributed by atoms with van der Waals surface area (Å²) in [4.78, 5) is 0. The fourth-order valence-corrected chi connectivity index (χ4v) is 2.03. The van der Waals surface area contributed by atoms with E-state index in [0.29, 0.717) is 0 Å². The van der Waals surface area contributed by atoms with Gasteiger partial charge in [-0.1, -0.05) is 50.6 Å². The average Bonchev–Trinajstić information content (AvgIpc) is 1.88. The number of benzene rings is 1. The molecule has 0 saturated carbocycles. The van der Waals surface area contributed by atoms with Gasteiger partial charge in [0.2, 0.25) is 0 Å². The minimum Gasteiger partial charge on any atom is -0.0984 e. The molecule has 0 saturated heterocycles. The van der Waals surface area contributed by atoms with Crippen molar-refractivity contribution in [3.63, 3.8) is 0 Å². The first-order valence-corrected chi connectivity index (χ1v) is 4.40. The minimum atomic E-state index is 1.07. The molecule has 0 N–H and O–H groups in total. The maximum Gasteiger partial charge on any atom is 0.0258 e. The molecule has 1 aromatic carbocycles. The van der Waals surface area contributed by atoms with Gasteiger partial charge in [0.1, 0.15) is 0 Å². The van der Waals surface area contributed by atoms with Crippen LogP contribution in [0.4, 0.5) is 0 Å². The summed E-state index contributed by atoms with van der Waals surface area (Å²) in [7, 11) is 0. The third-order valence-corrected chi connectivity index (χ3v) is 2.59. The van der Waals surface area contributed by atoms with E-state index >= 15 is 0 Å². The molecule has 1 rings (SSSR count). The van der Waals surface area contributed by atoms with E-state index in [1.807, 2.05) is 24.3 Å². The molecule has 0 aliphatic rings. The van der Waals surface area contributed by atoms with Crippen LogP contribution in [-0.2, 0) is 0 Å². The van der Waals surface area contributed by atoms with E-state index in [1.165, 1.54) is 0 Å². The molecule has 52 valence electrons. The van der Waals surface area contributed by atoms with E-state index in [9.17, 15) is 0 Å². The Morgan fingerprint density at radius 2 is 1.70 bits per heavy atom. The van der Waals surface area contributed by atoms with E-state index in [4.69, 9.17) is 0 Å². The Morgan fingerprint density at radius 1 is 1.20 bits per heavy atom. The van der Waals surface area contributed by atoms with Gasteiger partial charge in [-0.05, 0) is 12.1 Å². The minimum absolute atomic E-state index is 1.07. The first kappa shape index (κ1) is 8.02. The van der Waals surface area contributed by atoms with Crippen LogP contribution in [0, 0.1) is 0 Å². The lowest BCUT2D eigenvalue weighted by Crippen LogP contribution is -1.75. The molecule has 0 heterocycles. The second-order valence-corrected chi connectivity index (χ2v) is 3.55. The van der Waals surface area contributed by atoms with Crippen LogP contribution in [-0.4, -0.2) is 0 Å². The molecule has 2 heteroatoms. The molecule has 0 nitrogen and oxygen atoms in total. The van der Waals surface area contributed by atoms with Gasteiger partial charge in [-0.3, -0.25) is 0 Å². The lowest BCUT2D eigenvalue weighted by molar-refractivity contribution is 1.56. The Balaban J connectivity index is 3.30. The van der Waals surface area contributed by atoms with Crippen LogP contribution in [0.25, 0.3) is 6.08 Å². The number of hydrogen-bond acceptors (Lipinski definition) is 0. The van der Waals surface area contributed by atoms with Gasteiger partial charge in [0.15, 0.2) is 0 Å². The SMILES string of the molecule is C=Cc1c(Br)cccc1Br. The standard InChI is InChI=1S/C8H6Br2/c1-2-6-7(9)4-3-5-8(6)10/h2-5H,1H2. The highest BCUT2D eigenvalue weighted by molar-refractivity contribution is 9.11. The van der Waals surface area contributed by atoms with E-state index < -0.39 is 0 Å². The monoisotopic (exact) mass is 260 g/mol. The molecular weight excluding hydrogens is 256 g/mol. The molecule has 10 heavy (non-hydrogen) atoms. The summed E-state index contributed by atoms with van der Waals surface area (Å²) < 4.78 is 2.13. The Morgan fingerprint density at radius 3 is 2.00 bits per heavy atom. The van der Waals surface area contributed by atoms with Crippen LogP contribution in [0.3, 0.4) is 0 Å². The maximum absolute atomic E-state index is 3.69. The predicted octanol–water partition coefficient (Wildman–Crippen LogP) is 3.85. The highest BCUT2D eigenvalue weighted by Gasteiger charge is 1.97. The van der Waals surface area contributed by atoms with Crippen molar-refractivity contribution in [2.24, 2.45) is 0 Å². The van der Waals surface area contributed by atoms with Crippen molar-refractivity contribution in [3.8, 4) is 0 Å². The summed E-state index contributed by atoms with van der Waals surface area (Å²) >= 11 is 6.81. The molecule has 0 fully saturated rings. The first-order valence-electron chi connectivity index (χ1n) is 2.82. The Kier molecular flexibility index (Phi) is 2.69. The molecule has 0 aliphatic carbocycles. The van der Waals surface area contributed by atoms with Crippen LogP contribution in [0.2, 0.25) is 0 Å². The van der Waals surface area contributed by atoms with Gasteiger partial charge in [0.25, 0.3) is 0 Å². The van der Waals surface area contributed by atoms with Crippen LogP contribution in [0.5, 0.6) is 0 Å². The zero-order valence-electron chi connectivity index (χ0n) is 5.27. The molecule has 0 aliphatic heterocycles. The van der Waals surface area contributed by atoms with Gasteiger partial charge < -0.3 is 0 Å². The predicted molar refractivity (Wildman–Crippen MR) is 51.9 cm³/mol. The molecule has 0 radical (unpaired) electrons.